The van der Waals surface area contributed by atoms with Crippen LogP contribution in [0, 0.1) is 0 Å². The van der Waals surface area contributed by atoms with E-state index in [4.69, 9.17) is 0 Å². The minimum Gasteiger partial charge on any atom is -0.329 e. The van der Waals surface area contributed by atoms with E-state index in [1.165, 1.54) is 0 Å². The maximum Gasteiger partial charge on any atom is 0.211 e. The van der Waals surface area contributed by atoms with Gasteiger partial charge in [-0.1, -0.05) is 12.1 Å². The number of anilines is 2. The van der Waals surface area contributed by atoms with Crippen molar-refractivity contribution in [2.24, 2.45) is 10.2 Å². The summed E-state index contributed by atoms with van der Waals surface area (Å²) in [4.78, 5) is 20.7. The average Bonchev–Trinajstić information content (AvgIpc) is 2.47. The molecule has 6 heteroatoms. The summed E-state index contributed by atoms with van der Waals surface area (Å²) in [5.74, 6) is 0. The van der Waals surface area contributed by atoms with E-state index >= 15 is 0 Å². The molecule has 0 saturated heterocycles. The second kappa shape index (κ2) is 6.79. The topological polar surface area (TPSA) is 82.9 Å². The quantitative estimate of drug-likeness (QED) is 0.622. The largest absolute Gasteiger partial charge is 0.329 e. The molecule has 6 nitrogen and oxygen atoms in total. The molecule has 2 amide bonds. The van der Waals surface area contributed by atoms with Gasteiger partial charge in [0.25, 0.3) is 0 Å². The summed E-state index contributed by atoms with van der Waals surface area (Å²) in [5.41, 5.74) is 2.52. The molecule has 2 rings (SSSR count). The van der Waals surface area contributed by atoms with Crippen LogP contribution in [0.5, 0.6) is 0 Å². The van der Waals surface area contributed by atoms with Crippen molar-refractivity contribution in [1.82, 2.24) is 0 Å². The molecule has 0 saturated carbocycles. The van der Waals surface area contributed by atoms with E-state index in [9.17, 15) is 9.59 Å². The molecule has 0 radical (unpaired) electrons. The van der Waals surface area contributed by atoms with E-state index in [-0.39, 0.29) is 0 Å². The Hall–Kier alpha value is -3.02. The molecule has 0 spiro atoms. The van der Waals surface area contributed by atoms with Gasteiger partial charge >= 0.3 is 0 Å². The van der Waals surface area contributed by atoms with Gasteiger partial charge in [0, 0.05) is 11.4 Å². The number of hydrogen-bond acceptors (Lipinski definition) is 4. The molecule has 0 aliphatic carbocycles. The van der Waals surface area contributed by atoms with Gasteiger partial charge in [0.05, 0.1) is 11.4 Å². The third-order valence-corrected chi connectivity index (χ3v) is 2.42. The van der Waals surface area contributed by atoms with Crippen LogP contribution >= 0.6 is 0 Å². The van der Waals surface area contributed by atoms with E-state index < -0.39 is 0 Å². The number of azo groups is 1. The van der Waals surface area contributed by atoms with Crippen molar-refractivity contribution in [1.29, 1.82) is 0 Å². The predicted octanol–water partition coefficient (Wildman–Crippen LogP) is 3.24. The standard InChI is InChI=1S/C14H12N4O2/c19-9-15-11-3-1-5-13(7-11)17-18-14-6-2-4-12(8-14)16-10-20/h1-10H,(H,15,19)(H,16,20). The Bertz CT molecular complexity index is 585. The number of hydrogen-bond donors (Lipinski definition) is 2. The van der Waals surface area contributed by atoms with Crippen LogP contribution in [0.2, 0.25) is 0 Å². The normalized spacial score (nSPS) is 10.2. The van der Waals surface area contributed by atoms with Crippen LogP contribution in [-0.4, -0.2) is 12.8 Å². The van der Waals surface area contributed by atoms with Crippen LogP contribution in [0.15, 0.2) is 58.8 Å². The van der Waals surface area contributed by atoms with Gasteiger partial charge in [0.2, 0.25) is 12.8 Å². The summed E-state index contributed by atoms with van der Waals surface area (Å²) in [6.45, 7) is 0. The fraction of sp³-hybridized carbons (Fsp3) is 0. The smallest absolute Gasteiger partial charge is 0.211 e. The van der Waals surface area contributed by atoms with Gasteiger partial charge in [0.1, 0.15) is 0 Å². The highest BCUT2D eigenvalue weighted by Crippen LogP contribution is 2.22. The summed E-state index contributed by atoms with van der Waals surface area (Å²) < 4.78 is 0. The third-order valence-electron chi connectivity index (χ3n) is 2.42. The first kappa shape index (κ1) is 13.4. The molecule has 100 valence electrons. The van der Waals surface area contributed by atoms with Gasteiger partial charge in [0.15, 0.2) is 0 Å². The van der Waals surface area contributed by atoms with E-state index in [0.717, 1.165) is 0 Å². The monoisotopic (exact) mass is 268 g/mol. The lowest BCUT2D eigenvalue weighted by atomic mass is 10.3. The molecule has 20 heavy (non-hydrogen) atoms. The van der Waals surface area contributed by atoms with Crippen molar-refractivity contribution in [3.05, 3.63) is 48.5 Å². The Balaban J connectivity index is 2.16. The number of benzene rings is 2. The highest BCUT2D eigenvalue weighted by Gasteiger charge is 1.95. The van der Waals surface area contributed by atoms with Crippen LogP contribution in [0.3, 0.4) is 0 Å². The molecular formula is C14H12N4O2. The lowest BCUT2D eigenvalue weighted by Crippen LogP contribution is -1.92. The summed E-state index contributed by atoms with van der Waals surface area (Å²) in [7, 11) is 0. The second-order valence-electron chi connectivity index (χ2n) is 3.83. The summed E-state index contributed by atoms with van der Waals surface area (Å²) in [6, 6.07) is 14.0. The van der Waals surface area contributed by atoms with Crippen molar-refractivity contribution in [2.75, 3.05) is 10.6 Å². The molecular weight excluding hydrogens is 256 g/mol. The number of nitrogens with zero attached hydrogens (tertiary/aromatic N) is 2. The predicted molar refractivity (Wildman–Crippen MR) is 76.4 cm³/mol. The minimum absolute atomic E-state index is 0.602. The average molecular weight is 268 g/mol. The van der Waals surface area contributed by atoms with Crippen molar-refractivity contribution < 1.29 is 9.59 Å². The second-order valence-corrected chi connectivity index (χ2v) is 3.83. The SMILES string of the molecule is O=CNc1cccc(N=Nc2cccc(NC=O)c2)c1. The Morgan fingerprint density at radius 1 is 0.750 bits per heavy atom. The summed E-state index contributed by atoms with van der Waals surface area (Å²) >= 11 is 0. The van der Waals surface area contributed by atoms with Gasteiger partial charge in [-0.05, 0) is 36.4 Å². The molecule has 0 unspecified atom stereocenters. The highest BCUT2D eigenvalue weighted by atomic mass is 16.1. The van der Waals surface area contributed by atoms with Crippen LogP contribution in [0.1, 0.15) is 0 Å². The molecule has 0 heterocycles. The van der Waals surface area contributed by atoms with Crippen molar-refractivity contribution in [3.8, 4) is 0 Å². The maximum atomic E-state index is 10.4. The molecule has 2 aromatic rings. The van der Waals surface area contributed by atoms with Gasteiger partial charge < -0.3 is 10.6 Å². The molecule has 0 fully saturated rings. The van der Waals surface area contributed by atoms with Gasteiger partial charge in [-0.15, -0.1) is 0 Å². The number of amides is 2. The van der Waals surface area contributed by atoms with E-state index in [0.29, 0.717) is 35.6 Å². The molecule has 0 atom stereocenters. The summed E-state index contributed by atoms with van der Waals surface area (Å²) in [6.07, 6.45) is 1.20. The summed E-state index contributed by atoms with van der Waals surface area (Å²) in [5, 5.41) is 13.2. The molecule has 2 N–H and O–H groups in total. The zero-order chi connectivity index (χ0) is 14.2. The Morgan fingerprint density at radius 2 is 1.20 bits per heavy atom. The Morgan fingerprint density at radius 3 is 1.60 bits per heavy atom. The molecule has 0 aliphatic heterocycles. The fourth-order valence-electron chi connectivity index (χ4n) is 1.57. The Kier molecular flexibility index (Phi) is 4.55. The van der Waals surface area contributed by atoms with Crippen LogP contribution < -0.4 is 10.6 Å². The lowest BCUT2D eigenvalue weighted by molar-refractivity contribution is -0.106. The number of nitrogens with one attached hydrogen (secondary N) is 2. The minimum atomic E-state index is 0.602. The molecule has 2 aromatic carbocycles. The lowest BCUT2D eigenvalue weighted by Gasteiger charge is -2.00. The first-order valence-electron chi connectivity index (χ1n) is 5.84. The number of carbonyl (C=O) groups is 2. The van der Waals surface area contributed by atoms with Crippen LogP contribution in [-0.2, 0) is 9.59 Å². The first-order chi connectivity index (χ1) is 9.81. The Labute approximate surface area is 115 Å². The van der Waals surface area contributed by atoms with Crippen molar-refractivity contribution >= 4 is 35.6 Å². The fourth-order valence-corrected chi connectivity index (χ4v) is 1.57. The van der Waals surface area contributed by atoms with Crippen LogP contribution in [0.4, 0.5) is 22.7 Å². The molecule has 0 aliphatic rings. The molecule has 0 aromatic heterocycles. The van der Waals surface area contributed by atoms with Crippen LogP contribution in [0.25, 0.3) is 0 Å². The van der Waals surface area contributed by atoms with Gasteiger partial charge in [-0.3, -0.25) is 9.59 Å². The number of rotatable bonds is 6. The first-order valence-corrected chi connectivity index (χ1v) is 5.84. The van der Waals surface area contributed by atoms with E-state index in [1.807, 2.05) is 0 Å². The van der Waals surface area contributed by atoms with Crippen molar-refractivity contribution in [2.45, 2.75) is 0 Å². The zero-order valence-corrected chi connectivity index (χ0v) is 10.5. The van der Waals surface area contributed by atoms with E-state index in [2.05, 4.69) is 20.9 Å². The van der Waals surface area contributed by atoms with Gasteiger partial charge in [-0.25, -0.2) is 0 Å². The molecule has 0 bridgehead atoms. The third kappa shape index (κ3) is 3.74. The maximum absolute atomic E-state index is 10.4. The number of carbonyl (C=O) groups excluding carboxylic acids is 2. The zero-order valence-electron chi connectivity index (χ0n) is 10.5. The highest BCUT2D eigenvalue weighted by molar-refractivity contribution is 5.73. The van der Waals surface area contributed by atoms with E-state index in [1.54, 1.807) is 48.5 Å². The van der Waals surface area contributed by atoms with Crippen molar-refractivity contribution in [3.63, 3.8) is 0 Å². The van der Waals surface area contributed by atoms with Gasteiger partial charge in [-0.2, -0.15) is 10.2 Å².